The summed E-state index contributed by atoms with van der Waals surface area (Å²) < 4.78 is 1.99. The van der Waals surface area contributed by atoms with Crippen LogP contribution in [0.5, 0.6) is 0 Å². The maximum atomic E-state index is 12.3. The van der Waals surface area contributed by atoms with Crippen LogP contribution in [0.25, 0.3) is 0 Å². The molecule has 1 aliphatic heterocycles. The van der Waals surface area contributed by atoms with Gasteiger partial charge in [-0.2, -0.15) is 0 Å². The smallest absolute Gasteiger partial charge is 0.237 e. The molecule has 1 fully saturated rings. The summed E-state index contributed by atoms with van der Waals surface area (Å²) in [7, 11) is 1.98. The summed E-state index contributed by atoms with van der Waals surface area (Å²) in [5, 5.41) is 3.07. The SMILES string of the molecule is CC(C)N1CCCC[C@@H]1C(=O)NCCc1nccn1C. The molecule has 0 spiro atoms. The van der Waals surface area contributed by atoms with E-state index >= 15 is 0 Å². The van der Waals surface area contributed by atoms with Crippen molar-refractivity contribution in [3.8, 4) is 0 Å². The van der Waals surface area contributed by atoms with Crippen molar-refractivity contribution in [3.63, 3.8) is 0 Å². The highest BCUT2D eigenvalue weighted by Gasteiger charge is 2.29. The quantitative estimate of drug-likeness (QED) is 0.884. The van der Waals surface area contributed by atoms with Crippen molar-refractivity contribution in [2.45, 2.75) is 51.6 Å². The van der Waals surface area contributed by atoms with Crippen LogP contribution in [-0.2, 0) is 18.3 Å². The number of piperidine rings is 1. The van der Waals surface area contributed by atoms with Gasteiger partial charge in [0.15, 0.2) is 0 Å². The average molecular weight is 278 g/mol. The van der Waals surface area contributed by atoms with E-state index in [0.29, 0.717) is 12.6 Å². The first-order valence-electron chi connectivity index (χ1n) is 7.59. The van der Waals surface area contributed by atoms with Crippen LogP contribution in [0.15, 0.2) is 12.4 Å². The predicted molar refractivity (Wildman–Crippen MR) is 79.4 cm³/mol. The lowest BCUT2D eigenvalue weighted by Gasteiger charge is -2.37. The van der Waals surface area contributed by atoms with Crippen LogP contribution in [0.1, 0.15) is 38.9 Å². The summed E-state index contributed by atoms with van der Waals surface area (Å²) in [5.41, 5.74) is 0. The molecule has 0 unspecified atom stereocenters. The van der Waals surface area contributed by atoms with Crippen LogP contribution in [0, 0.1) is 0 Å². The Morgan fingerprint density at radius 1 is 1.50 bits per heavy atom. The van der Waals surface area contributed by atoms with Crippen LogP contribution in [0.4, 0.5) is 0 Å². The third kappa shape index (κ3) is 3.60. The fourth-order valence-electron chi connectivity index (χ4n) is 2.91. The maximum Gasteiger partial charge on any atom is 0.237 e. The molecule has 0 saturated carbocycles. The molecule has 1 aromatic heterocycles. The highest BCUT2D eigenvalue weighted by Crippen LogP contribution is 2.19. The van der Waals surface area contributed by atoms with Gasteiger partial charge in [-0.1, -0.05) is 6.42 Å². The van der Waals surface area contributed by atoms with Crippen molar-refractivity contribution in [3.05, 3.63) is 18.2 Å². The van der Waals surface area contributed by atoms with Gasteiger partial charge in [0.25, 0.3) is 0 Å². The number of carbonyl (C=O) groups is 1. The van der Waals surface area contributed by atoms with Crippen molar-refractivity contribution >= 4 is 5.91 Å². The summed E-state index contributed by atoms with van der Waals surface area (Å²) >= 11 is 0. The zero-order valence-corrected chi connectivity index (χ0v) is 12.8. The van der Waals surface area contributed by atoms with E-state index in [4.69, 9.17) is 0 Å². The van der Waals surface area contributed by atoms with Gasteiger partial charge >= 0.3 is 0 Å². The number of imidazole rings is 1. The molecule has 5 heteroatoms. The number of aromatic nitrogens is 2. The second kappa shape index (κ2) is 6.88. The monoisotopic (exact) mass is 278 g/mol. The molecule has 2 rings (SSSR count). The lowest BCUT2D eigenvalue weighted by molar-refractivity contribution is -0.128. The maximum absolute atomic E-state index is 12.3. The molecular weight excluding hydrogens is 252 g/mol. The largest absolute Gasteiger partial charge is 0.354 e. The molecule has 0 radical (unpaired) electrons. The second-order valence-electron chi connectivity index (χ2n) is 5.84. The number of carbonyl (C=O) groups excluding carboxylic acids is 1. The van der Waals surface area contributed by atoms with Crippen LogP contribution < -0.4 is 5.32 Å². The Morgan fingerprint density at radius 2 is 2.30 bits per heavy atom. The fourth-order valence-corrected chi connectivity index (χ4v) is 2.91. The molecule has 1 aliphatic rings. The summed E-state index contributed by atoms with van der Waals surface area (Å²) in [4.78, 5) is 18.9. The van der Waals surface area contributed by atoms with Gasteiger partial charge < -0.3 is 9.88 Å². The number of hydrogen-bond acceptors (Lipinski definition) is 3. The molecule has 1 amide bonds. The molecular formula is C15H26N4O. The summed E-state index contributed by atoms with van der Waals surface area (Å²) in [6, 6.07) is 0.478. The highest BCUT2D eigenvalue weighted by molar-refractivity contribution is 5.81. The Bertz CT molecular complexity index is 441. The number of rotatable bonds is 5. The standard InChI is InChI=1S/C15H26N4O/c1-12(2)19-10-5-4-6-13(19)15(20)17-8-7-14-16-9-11-18(14)3/h9,11-13H,4-8,10H2,1-3H3,(H,17,20)/t13-/m1/s1. The minimum Gasteiger partial charge on any atom is -0.354 e. The number of nitrogens with zero attached hydrogens (tertiary/aromatic N) is 3. The number of aryl methyl sites for hydroxylation is 1. The first-order valence-corrected chi connectivity index (χ1v) is 7.59. The number of hydrogen-bond donors (Lipinski definition) is 1. The van der Waals surface area contributed by atoms with Gasteiger partial charge in [0.1, 0.15) is 5.82 Å². The lowest BCUT2D eigenvalue weighted by atomic mass is 9.99. The molecule has 5 nitrogen and oxygen atoms in total. The average Bonchev–Trinajstić information content (AvgIpc) is 2.84. The fraction of sp³-hybridized carbons (Fsp3) is 0.733. The normalized spacial score (nSPS) is 20.3. The van der Waals surface area contributed by atoms with Crippen molar-refractivity contribution in [2.75, 3.05) is 13.1 Å². The molecule has 112 valence electrons. The zero-order valence-electron chi connectivity index (χ0n) is 12.8. The molecule has 1 atom stereocenters. The molecule has 0 aliphatic carbocycles. The Morgan fingerprint density at radius 3 is 2.95 bits per heavy atom. The Kier molecular flexibility index (Phi) is 5.17. The summed E-state index contributed by atoms with van der Waals surface area (Å²) in [6.45, 7) is 6.03. The van der Waals surface area contributed by atoms with Crippen LogP contribution in [-0.4, -0.2) is 45.5 Å². The second-order valence-corrected chi connectivity index (χ2v) is 5.84. The van der Waals surface area contributed by atoms with E-state index in [9.17, 15) is 4.79 Å². The number of likely N-dealkylation sites (tertiary alicyclic amines) is 1. The summed E-state index contributed by atoms with van der Waals surface area (Å²) in [5.74, 6) is 1.18. The Balaban J connectivity index is 1.83. The molecule has 0 aromatic carbocycles. The van der Waals surface area contributed by atoms with Gasteiger partial charge in [0.05, 0.1) is 6.04 Å². The minimum atomic E-state index is 0.0464. The lowest BCUT2D eigenvalue weighted by Crippen LogP contribution is -2.52. The van der Waals surface area contributed by atoms with Gasteiger partial charge in [0, 0.05) is 38.4 Å². The first kappa shape index (κ1) is 15.0. The third-order valence-electron chi connectivity index (χ3n) is 4.08. The van der Waals surface area contributed by atoms with Crippen LogP contribution in [0.3, 0.4) is 0 Å². The number of amides is 1. The Hall–Kier alpha value is -1.36. The summed E-state index contributed by atoms with van der Waals surface area (Å²) in [6.07, 6.45) is 7.84. The van der Waals surface area contributed by atoms with E-state index in [1.54, 1.807) is 6.20 Å². The number of nitrogens with one attached hydrogen (secondary N) is 1. The predicted octanol–water partition coefficient (Wildman–Crippen LogP) is 1.34. The zero-order chi connectivity index (χ0) is 14.5. The van der Waals surface area contributed by atoms with Gasteiger partial charge in [-0.15, -0.1) is 0 Å². The topological polar surface area (TPSA) is 50.2 Å². The molecule has 1 saturated heterocycles. The van der Waals surface area contributed by atoms with Crippen molar-refractivity contribution in [1.82, 2.24) is 19.8 Å². The van der Waals surface area contributed by atoms with E-state index in [1.807, 2.05) is 17.8 Å². The van der Waals surface area contributed by atoms with Crippen LogP contribution in [0.2, 0.25) is 0 Å². The molecule has 1 N–H and O–H groups in total. The molecule has 0 bridgehead atoms. The minimum absolute atomic E-state index is 0.0464. The van der Waals surface area contributed by atoms with Gasteiger partial charge in [0.2, 0.25) is 5.91 Å². The first-order chi connectivity index (χ1) is 9.59. The van der Waals surface area contributed by atoms with Crippen molar-refractivity contribution in [1.29, 1.82) is 0 Å². The molecule has 2 heterocycles. The third-order valence-corrected chi connectivity index (χ3v) is 4.08. The Labute approximate surface area is 121 Å². The van der Waals surface area contributed by atoms with Gasteiger partial charge in [-0.3, -0.25) is 9.69 Å². The highest BCUT2D eigenvalue weighted by atomic mass is 16.2. The van der Waals surface area contributed by atoms with E-state index in [0.717, 1.165) is 31.6 Å². The van der Waals surface area contributed by atoms with Gasteiger partial charge in [-0.05, 0) is 33.2 Å². The van der Waals surface area contributed by atoms with Crippen LogP contribution >= 0.6 is 0 Å². The van der Waals surface area contributed by atoms with Gasteiger partial charge in [-0.25, -0.2) is 4.98 Å². The van der Waals surface area contributed by atoms with Crippen molar-refractivity contribution < 1.29 is 4.79 Å². The molecule has 1 aromatic rings. The van der Waals surface area contributed by atoms with E-state index in [-0.39, 0.29) is 11.9 Å². The van der Waals surface area contributed by atoms with E-state index in [2.05, 4.69) is 29.0 Å². The molecule has 20 heavy (non-hydrogen) atoms. The van der Waals surface area contributed by atoms with E-state index in [1.165, 1.54) is 6.42 Å². The van der Waals surface area contributed by atoms with Crippen molar-refractivity contribution in [2.24, 2.45) is 7.05 Å². The van der Waals surface area contributed by atoms with E-state index < -0.39 is 0 Å².